The lowest BCUT2D eigenvalue weighted by atomic mass is 10.1. The highest BCUT2D eigenvalue weighted by Crippen LogP contribution is 2.28. The molecule has 26 heavy (non-hydrogen) atoms. The van der Waals surface area contributed by atoms with Crippen molar-refractivity contribution in [2.45, 2.75) is 0 Å². The van der Waals surface area contributed by atoms with Gasteiger partial charge in [0, 0.05) is 5.56 Å². The van der Waals surface area contributed by atoms with Crippen molar-refractivity contribution >= 4 is 60.7 Å². The number of thiazole rings is 1. The molecule has 0 aliphatic carbocycles. The lowest BCUT2D eigenvalue weighted by molar-refractivity contribution is 0.0978. The molecule has 0 saturated carbocycles. The molecule has 4 aromatic rings. The first-order valence-electron chi connectivity index (χ1n) is 7.79. The molecule has 3 N–H and O–H groups in total. The molecule has 1 aromatic heterocycles. The Morgan fingerprint density at radius 3 is 2.69 bits per heavy atom. The standard InChI is InChI=1S/C19H13N3O2S2/c23-14-7-8-15-16(10-14)26-19(20-15)22-18(25)21-17(24)13-6-5-11-3-1-2-4-12(11)9-13/h1-10,23H,(H2,20,21,22,24,25). The van der Waals surface area contributed by atoms with Gasteiger partial charge in [0.05, 0.1) is 10.2 Å². The smallest absolute Gasteiger partial charge is 0.257 e. The second kappa shape index (κ2) is 6.70. The number of nitrogens with zero attached hydrogens (tertiary/aromatic N) is 1. The van der Waals surface area contributed by atoms with Crippen molar-refractivity contribution in [3.05, 3.63) is 66.2 Å². The lowest BCUT2D eigenvalue weighted by Gasteiger charge is -2.08. The normalized spacial score (nSPS) is 10.8. The summed E-state index contributed by atoms with van der Waals surface area (Å²) in [6.45, 7) is 0. The maximum Gasteiger partial charge on any atom is 0.257 e. The van der Waals surface area contributed by atoms with Gasteiger partial charge in [-0.2, -0.15) is 0 Å². The Morgan fingerprint density at radius 1 is 1.04 bits per heavy atom. The van der Waals surface area contributed by atoms with E-state index in [0.29, 0.717) is 10.7 Å². The van der Waals surface area contributed by atoms with Gasteiger partial charge < -0.3 is 10.4 Å². The van der Waals surface area contributed by atoms with Crippen molar-refractivity contribution in [2.24, 2.45) is 0 Å². The first kappa shape index (κ1) is 16.4. The number of hydrogen-bond acceptors (Lipinski definition) is 5. The van der Waals surface area contributed by atoms with Crippen LogP contribution < -0.4 is 10.6 Å². The number of anilines is 1. The molecular formula is C19H13N3O2S2. The zero-order valence-electron chi connectivity index (χ0n) is 13.4. The van der Waals surface area contributed by atoms with Gasteiger partial charge in [0.15, 0.2) is 10.2 Å². The van der Waals surface area contributed by atoms with E-state index in [0.717, 1.165) is 21.0 Å². The lowest BCUT2D eigenvalue weighted by Crippen LogP contribution is -2.34. The van der Waals surface area contributed by atoms with Gasteiger partial charge in [0.2, 0.25) is 0 Å². The fraction of sp³-hybridized carbons (Fsp3) is 0. The van der Waals surface area contributed by atoms with Crippen LogP contribution in [0.1, 0.15) is 10.4 Å². The van der Waals surface area contributed by atoms with Gasteiger partial charge in [0.1, 0.15) is 5.75 Å². The van der Waals surface area contributed by atoms with Crippen molar-refractivity contribution < 1.29 is 9.90 Å². The molecule has 7 heteroatoms. The molecule has 128 valence electrons. The van der Waals surface area contributed by atoms with E-state index in [1.54, 1.807) is 24.3 Å². The highest BCUT2D eigenvalue weighted by Gasteiger charge is 2.11. The molecule has 0 atom stereocenters. The van der Waals surface area contributed by atoms with Crippen LogP contribution in [-0.2, 0) is 0 Å². The van der Waals surface area contributed by atoms with Gasteiger partial charge in [-0.25, -0.2) is 4.98 Å². The number of benzene rings is 3. The number of amides is 1. The van der Waals surface area contributed by atoms with Gasteiger partial charge in [-0.3, -0.25) is 10.1 Å². The summed E-state index contributed by atoms with van der Waals surface area (Å²) in [5, 5.41) is 17.9. The SMILES string of the molecule is O=C(NC(=S)Nc1nc2ccc(O)cc2s1)c1ccc2ccccc2c1. The van der Waals surface area contributed by atoms with E-state index in [2.05, 4.69) is 15.6 Å². The van der Waals surface area contributed by atoms with Crippen molar-refractivity contribution in [3.8, 4) is 5.75 Å². The van der Waals surface area contributed by atoms with Gasteiger partial charge in [-0.15, -0.1) is 0 Å². The fourth-order valence-electron chi connectivity index (χ4n) is 2.60. The zero-order chi connectivity index (χ0) is 18.1. The monoisotopic (exact) mass is 379 g/mol. The van der Waals surface area contributed by atoms with E-state index in [4.69, 9.17) is 12.2 Å². The van der Waals surface area contributed by atoms with Crippen LogP contribution in [0, 0.1) is 0 Å². The summed E-state index contributed by atoms with van der Waals surface area (Å²) < 4.78 is 0.830. The maximum absolute atomic E-state index is 12.4. The minimum atomic E-state index is -0.285. The van der Waals surface area contributed by atoms with Crippen molar-refractivity contribution in [2.75, 3.05) is 5.32 Å². The second-order valence-electron chi connectivity index (χ2n) is 5.64. The second-order valence-corrected chi connectivity index (χ2v) is 7.08. The van der Waals surface area contributed by atoms with Crippen LogP contribution in [0.25, 0.3) is 21.0 Å². The Hall–Kier alpha value is -3.03. The molecular weight excluding hydrogens is 366 g/mol. The summed E-state index contributed by atoms with van der Waals surface area (Å²) in [4.78, 5) is 16.8. The summed E-state index contributed by atoms with van der Waals surface area (Å²) in [5.41, 5.74) is 1.28. The number of aromatic hydroxyl groups is 1. The molecule has 0 spiro atoms. The Morgan fingerprint density at radius 2 is 1.85 bits per heavy atom. The number of thiocarbonyl (C=S) groups is 1. The van der Waals surface area contributed by atoms with Gasteiger partial charge in [-0.1, -0.05) is 41.7 Å². The van der Waals surface area contributed by atoms with Crippen LogP contribution in [0.5, 0.6) is 5.75 Å². The molecule has 3 aromatic carbocycles. The molecule has 0 radical (unpaired) electrons. The third kappa shape index (κ3) is 3.35. The molecule has 0 aliphatic rings. The van der Waals surface area contributed by atoms with Crippen molar-refractivity contribution in [3.63, 3.8) is 0 Å². The molecule has 4 rings (SSSR count). The number of nitrogens with one attached hydrogen (secondary N) is 2. The number of phenols is 1. The minimum absolute atomic E-state index is 0.173. The van der Waals surface area contributed by atoms with Crippen LogP contribution in [0.15, 0.2) is 60.7 Å². The number of carbonyl (C=O) groups excluding carboxylic acids is 1. The van der Waals surface area contributed by atoms with Crippen LogP contribution >= 0.6 is 23.6 Å². The van der Waals surface area contributed by atoms with Gasteiger partial charge in [-0.05, 0) is 53.3 Å². The predicted octanol–water partition coefficient (Wildman–Crippen LogP) is 4.28. The van der Waals surface area contributed by atoms with E-state index < -0.39 is 0 Å². The van der Waals surface area contributed by atoms with E-state index in [1.807, 2.05) is 36.4 Å². The Bertz CT molecular complexity index is 1150. The molecule has 1 amide bonds. The fourth-order valence-corrected chi connectivity index (χ4v) is 3.76. The Labute approximate surface area is 158 Å². The van der Waals surface area contributed by atoms with E-state index in [9.17, 15) is 9.90 Å². The molecule has 0 bridgehead atoms. The zero-order valence-corrected chi connectivity index (χ0v) is 15.0. The third-order valence-electron chi connectivity index (χ3n) is 3.83. The van der Waals surface area contributed by atoms with Crippen molar-refractivity contribution in [1.29, 1.82) is 0 Å². The number of phenolic OH excluding ortho intramolecular Hbond substituents is 1. The van der Waals surface area contributed by atoms with E-state index >= 15 is 0 Å². The van der Waals surface area contributed by atoms with Crippen LogP contribution in [0.3, 0.4) is 0 Å². The number of fused-ring (bicyclic) bond motifs is 2. The maximum atomic E-state index is 12.4. The Balaban J connectivity index is 1.48. The number of hydrogen-bond donors (Lipinski definition) is 3. The molecule has 0 unspecified atom stereocenters. The summed E-state index contributed by atoms with van der Waals surface area (Å²) >= 11 is 6.56. The molecule has 0 fully saturated rings. The molecule has 5 nitrogen and oxygen atoms in total. The molecule has 0 aliphatic heterocycles. The third-order valence-corrected chi connectivity index (χ3v) is 4.97. The number of rotatable bonds is 2. The highest BCUT2D eigenvalue weighted by molar-refractivity contribution is 7.80. The number of carbonyl (C=O) groups is 1. The summed E-state index contributed by atoms with van der Waals surface area (Å²) in [7, 11) is 0. The first-order chi connectivity index (χ1) is 12.6. The van der Waals surface area contributed by atoms with E-state index in [1.165, 1.54) is 11.3 Å². The van der Waals surface area contributed by atoms with Crippen LogP contribution in [0.2, 0.25) is 0 Å². The van der Waals surface area contributed by atoms with E-state index in [-0.39, 0.29) is 16.8 Å². The largest absolute Gasteiger partial charge is 0.508 e. The van der Waals surface area contributed by atoms with Gasteiger partial charge in [0.25, 0.3) is 5.91 Å². The van der Waals surface area contributed by atoms with Gasteiger partial charge >= 0.3 is 0 Å². The average Bonchev–Trinajstić information content (AvgIpc) is 3.02. The quantitative estimate of drug-likeness (QED) is 0.453. The summed E-state index contributed by atoms with van der Waals surface area (Å²) in [5.74, 6) is -0.105. The molecule has 1 heterocycles. The minimum Gasteiger partial charge on any atom is -0.508 e. The van der Waals surface area contributed by atoms with Crippen molar-refractivity contribution in [1.82, 2.24) is 10.3 Å². The van der Waals surface area contributed by atoms with Crippen LogP contribution in [0.4, 0.5) is 5.13 Å². The number of aromatic nitrogens is 1. The molecule has 0 saturated heterocycles. The first-order valence-corrected chi connectivity index (χ1v) is 9.02. The predicted molar refractivity (Wildman–Crippen MR) is 109 cm³/mol. The summed E-state index contributed by atoms with van der Waals surface area (Å²) in [6.07, 6.45) is 0. The summed E-state index contributed by atoms with van der Waals surface area (Å²) in [6, 6.07) is 18.3. The topological polar surface area (TPSA) is 74.2 Å². The van der Waals surface area contributed by atoms with Crippen LogP contribution in [-0.4, -0.2) is 21.1 Å². The average molecular weight is 379 g/mol. The highest BCUT2D eigenvalue weighted by atomic mass is 32.1. The Kier molecular flexibility index (Phi) is 4.24.